The average Bonchev–Trinajstić information content (AvgIpc) is 2.35. The molecule has 0 aliphatic carbocycles. The fourth-order valence-corrected chi connectivity index (χ4v) is 1.08. The number of benzene rings is 1. The second kappa shape index (κ2) is 5.79. The summed E-state index contributed by atoms with van der Waals surface area (Å²) >= 11 is 0. The molecule has 0 fully saturated rings. The molecule has 0 saturated heterocycles. The summed E-state index contributed by atoms with van der Waals surface area (Å²) in [5.41, 5.74) is 0.310. The molecule has 0 atom stereocenters. The molecule has 1 aromatic carbocycles. The molecule has 1 aromatic rings. The lowest BCUT2D eigenvalue weighted by molar-refractivity contribution is -0.121. The van der Waals surface area contributed by atoms with Crippen LogP contribution in [0.3, 0.4) is 0 Å². The van der Waals surface area contributed by atoms with E-state index in [4.69, 9.17) is 9.84 Å². The van der Waals surface area contributed by atoms with Crippen molar-refractivity contribution in [3.05, 3.63) is 35.4 Å². The Labute approximate surface area is 98.0 Å². The second-order valence-electron chi connectivity index (χ2n) is 3.35. The van der Waals surface area contributed by atoms with Gasteiger partial charge in [0.1, 0.15) is 6.61 Å². The zero-order valence-electron chi connectivity index (χ0n) is 9.30. The van der Waals surface area contributed by atoms with E-state index in [-0.39, 0.29) is 23.5 Å². The summed E-state index contributed by atoms with van der Waals surface area (Å²) in [6, 6.07) is 5.31. The van der Waals surface area contributed by atoms with Crippen LogP contribution in [0.5, 0.6) is 0 Å². The van der Waals surface area contributed by atoms with E-state index >= 15 is 0 Å². The summed E-state index contributed by atoms with van der Waals surface area (Å²) in [5.74, 6) is -1.87. The number of hydrogen-bond acceptors (Lipinski definition) is 4. The second-order valence-corrected chi connectivity index (χ2v) is 3.35. The lowest BCUT2D eigenvalue weighted by Crippen LogP contribution is -2.13. The number of carboxylic acid groups (broad SMARTS) is 1. The van der Waals surface area contributed by atoms with Gasteiger partial charge in [-0.15, -0.1) is 0 Å². The number of carbonyl (C=O) groups excluding carboxylic acids is 2. The molecule has 0 bridgehead atoms. The quantitative estimate of drug-likeness (QED) is 0.784. The van der Waals surface area contributed by atoms with E-state index < -0.39 is 11.9 Å². The molecule has 17 heavy (non-hydrogen) atoms. The van der Waals surface area contributed by atoms with Crippen molar-refractivity contribution >= 4 is 17.7 Å². The maximum atomic E-state index is 11.4. The minimum atomic E-state index is -1.06. The Kier molecular flexibility index (Phi) is 4.39. The van der Waals surface area contributed by atoms with E-state index in [0.717, 1.165) is 0 Å². The predicted molar refractivity (Wildman–Crippen MR) is 59.0 cm³/mol. The molecule has 0 saturated carbocycles. The van der Waals surface area contributed by atoms with Crippen LogP contribution < -0.4 is 0 Å². The van der Waals surface area contributed by atoms with Crippen molar-refractivity contribution in [2.45, 2.75) is 13.3 Å². The van der Waals surface area contributed by atoms with Gasteiger partial charge in [-0.05, 0) is 24.3 Å². The minimum Gasteiger partial charge on any atom is -0.478 e. The van der Waals surface area contributed by atoms with Gasteiger partial charge >= 0.3 is 11.9 Å². The third kappa shape index (κ3) is 3.71. The molecule has 0 amide bonds. The largest absolute Gasteiger partial charge is 0.478 e. The topological polar surface area (TPSA) is 80.7 Å². The molecule has 0 radical (unpaired) electrons. The Balaban J connectivity index is 2.64. The molecule has 90 valence electrons. The van der Waals surface area contributed by atoms with E-state index in [2.05, 4.69) is 0 Å². The SMILES string of the molecule is CCC(=O)COC(=O)c1ccc(C(=O)O)cc1. The summed E-state index contributed by atoms with van der Waals surface area (Å²) < 4.78 is 4.75. The number of carbonyl (C=O) groups is 3. The number of hydrogen-bond donors (Lipinski definition) is 1. The molecule has 0 heterocycles. The van der Waals surface area contributed by atoms with Crippen molar-refractivity contribution in [3.8, 4) is 0 Å². The number of ketones is 1. The molecule has 0 spiro atoms. The highest BCUT2D eigenvalue weighted by atomic mass is 16.5. The Morgan fingerprint density at radius 3 is 2.12 bits per heavy atom. The van der Waals surface area contributed by atoms with Crippen LogP contribution in [-0.2, 0) is 9.53 Å². The van der Waals surface area contributed by atoms with Crippen LogP contribution >= 0.6 is 0 Å². The molecule has 5 heteroatoms. The van der Waals surface area contributed by atoms with Gasteiger partial charge in [-0.1, -0.05) is 6.92 Å². The maximum absolute atomic E-state index is 11.4. The van der Waals surface area contributed by atoms with E-state index in [0.29, 0.717) is 6.42 Å². The third-order valence-corrected chi connectivity index (χ3v) is 2.13. The van der Waals surface area contributed by atoms with Crippen molar-refractivity contribution in [1.82, 2.24) is 0 Å². The highest BCUT2D eigenvalue weighted by Crippen LogP contribution is 2.06. The molecule has 0 aromatic heterocycles. The van der Waals surface area contributed by atoms with Crippen molar-refractivity contribution in [1.29, 1.82) is 0 Å². The van der Waals surface area contributed by atoms with Gasteiger partial charge in [0, 0.05) is 6.42 Å². The number of rotatable bonds is 5. The van der Waals surface area contributed by atoms with Gasteiger partial charge in [0.05, 0.1) is 11.1 Å². The van der Waals surface area contributed by atoms with Gasteiger partial charge in [-0.3, -0.25) is 4.79 Å². The first-order valence-corrected chi connectivity index (χ1v) is 5.06. The number of aromatic carboxylic acids is 1. The van der Waals surface area contributed by atoms with Crippen molar-refractivity contribution < 1.29 is 24.2 Å². The predicted octanol–water partition coefficient (Wildman–Crippen LogP) is 1.52. The minimum absolute atomic E-state index is 0.0891. The normalized spacial score (nSPS) is 9.71. The first-order chi connectivity index (χ1) is 8.04. The van der Waals surface area contributed by atoms with Gasteiger partial charge in [0.25, 0.3) is 0 Å². The molecule has 1 rings (SSSR count). The molecular weight excluding hydrogens is 224 g/mol. The van der Waals surface area contributed by atoms with Crippen LogP contribution in [0.1, 0.15) is 34.1 Å². The van der Waals surface area contributed by atoms with Crippen molar-refractivity contribution in [2.75, 3.05) is 6.61 Å². The molecular formula is C12H12O5. The van der Waals surface area contributed by atoms with Crippen LogP contribution in [0.25, 0.3) is 0 Å². The first-order valence-electron chi connectivity index (χ1n) is 5.06. The van der Waals surface area contributed by atoms with Gasteiger partial charge in [-0.2, -0.15) is 0 Å². The summed E-state index contributed by atoms with van der Waals surface area (Å²) in [7, 11) is 0. The van der Waals surface area contributed by atoms with Crippen LogP contribution in [-0.4, -0.2) is 29.4 Å². The zero-order chi connectivity index (χ0) is 12.8. The van der Waals surface area contributed by atoms with Crippen LogP contribution in [0.4, 0.5) is 0 Å². The summed E-state index contributed by atoms with van der Waals surface area (Å²) in [5, 5.41) is 8.66. The third-order valence-electron chi connectivity index (χ3n) is 2.13. The Morgan fingerprint density at radius 1 is 1.12 bits per heavy atom. The highest BCUT2D eigenvalue weighted by Gasteiger charge is 2.10. The van der Waals surface area contributed by atoms with Crippen LogP contribution in [0, 0.1) is 0 Å². The molecule has 1 N–H and O–H groups in total. The highest BCUT2D eigenvalue weighted by molar-refractivity contribution is 5.93. The Bertz CT molecular complexity index is 433. The van der Waals surface area contributed by atoms with Gasteiger partial charge < -0.3 is 9.84 Å². The standard InChI is InChI=1S/C12H12O5/c1-2-10(13)7-17-12(16)9-5-3-8(4-6-9)11(14)15/h3-6H,2,7H2,1H3,(H,14,15). The average molecular weight is 236 g/mol. The van der Waals surface area contributed by atoms with Crippen LogP contribution in [0.2, 0.25) is 0 Å². The molecule has 5 nitrogen and oxygen atoms in total. The van der Waals surface area contributed by atoms with Crippen LogP contribution in [0.15, 0.2) is 24.3 Å². The number of esters is 1. The van der Waals surface area contributed by atoms with E-state index in [9.17, 15) is 14.4 Å². The summed E-state index contributed by atoms with van der Waals surface area (Å²) in [6.07, 6.45) is 0.311. The summed E-state index contributed by atoms with van der Waals surface area (Å²) in [6.45, 7) is 1.42. The van der Waals surface area contributed by atoms with Gasteiger partial charge in [0.15, 0.2) is 5.78 Å². The number of Topliss-reactive ketones (excluding diaryl/α,β-unsaturated/α-hetero) is 1. The molecule has 0 aliphatic rings. The molecule has 0 aliphatic heterocycles. The zero-order valence-corrected chi connectivity index (χ0v) is 9.30. The fraction of sp³-hybridized carbons (Fsp3) is 0.250. The van der Waals surface area contributed by atoms with E-state index in [1.165, 1.54) is 24.3 Å². The van der Waals surface area contributed by atoms with Crippen molar-refractivity contribution in [3.63, 3.8) is 0 Å². The maximum Gasteiger partial charge on any atom is 0.338 e. The molecule has 0 unspecified atom stereocenters. The van der Waals surface area contributed by atoms with E-state index in [1.54, 1.807) is 6.92 Å². The number of ether oxygens (including phenoxy) is 1. The first kappa shape index (κ1) is 12.9. The van der Waals surface area contributed by atoms with Gasteiger partial charge in [0.2, 0.25) is 0 Å². The Hall–Kier alpha value is -2.17. The van der Waals surface area contributed by atoms with E-state index in [1.807, 2.05) is 0 Å². The Morgan fingerprint density at radius 2 is 1.65 bits per heavy atom. The number of carboxylic acids is 1. The summed E-state index contributed by atoms with van der Waals surface area (Å²) in [4.78, 5) is 32.9. The lowest BCUT2D eigenvalue weighted by Gasteiger charge is -2.03. The fourth-order valence-electron chi connectivity index (χ4n) is 1.08. The smallest absolute Gasteiger partial charge is 0.338 e. The van der Waals surface area contributed by atoms with Crippen molar-refractivity contribution in [2.24, 2.45) is 0 Å². The monoisotopic (exact) mass is 236 g/mol. The van der Waals surface area contributed by atoms with Gasteiger partial charge in [-0.25, -0.2) is 9.59 Å². The lowest BCUT2D eigenvalue weighted by atomic mass is 10.1.